The molecular formula is C35H36FN9O5S. The summed E-state index contributed by atoms with van der Waals surface area (Å²) in [6.45, 7) is 7.73. The van der Waals surface area contributed by atoms with Crippen molar-refractivity contribution >= 4 is 52.1 Å². The van der Waals surface area contributed by atoms with Gasteiger partial charge in [0, 0.05) is 88.3 Å². The van der Waals surface area contributed by atoms with E-state index in [1.807, 2.05) is 51.4 Å². The van der Waals surface area contributed by atoms with E-state index in [-0.39, 0.29) is 16.6 Å². The van der Waals surface area contributed by atoms with Crippen molar-refractivity contribution in [3.05, 3.63) is 109 Å². The van der Waals surface area contributed by atoms with Crippen molar-refractivity contribution in [2.24, 2.45) is 0 Å². The minimum Gasteiger partial charge on any atom is -0.477 e. The summed E-state index contributed by atoms with van der Waals surface area (Å²) >= 11 is 6.01. The molecule has 0 saturated carbocycles. The highest BCUT2D eigenvalue weighted by atomic mass is 32.1. The maximum Gasteiger partial charge on any atom is 0.341 e. The van der Waals surface area contributed by atoms with E-state index >= 15 is 4.39 Å². The molecular weight excluding hydrogens is 678 g/mol. The molecule has 0 amide bonds. The lowest BCUT2D eigenvalue weighted by Crippen LogP contribution is -2.47. The number of nitro groups is 1. The molecule has 2 aliphatic heterocycles. The number of aromatic nitrogens is 4. The summed E-state index contributed by atoms with van der Waals surface area (Å²) in [7, 11) is 0. The normalized spacial score (nSPS) is 15.5. The number of carbonyl (C=O) groups is 1. The molecule has 0 bridgehead atoms. The molecule has 264 valence electrons. The van der Waals surface area contributed by atoms with Crippen LogP contribution in [0.4, 0.5) is 27.4 Å². The molecule has 0 aliphatic carbocycles. The molecule has 2 fully saturated rings. The Morgan fingerprint density at radius 2 is 1.57 bits per heavy atom. The summed E-state index contributed by atoms with van der Waals surface area (Å²) in [6, 6.07) is 19.3. The van der Waals surface area contributed by atoms with Crippen LogP contribution in [0.2, 0.25) is 0 Å². The fourth-order valence-electron chi connectivity index (χ4n) is 6.82. The molecule has 0 unspecified atom stereocenters. The monoisotopic (exact) mass is 713 g/mol. The van der Waals surface area contributed by atoms with Gasteiger partial charge in [-0.05, 0) is 55.5 Å². The molecule has 2 saturated heterocycles. The lowest BCUT2D eigenvalue weighted by Gasteiger charge is -2.36. The molecule has 2 aliphatic rings. The number of hydrogen-bond acceptors (Lipinski definition) is 10. The van der Waals surface area contributed by atoms with Crippen molar-refractivity contribution in [1.29, 1.82) is 0 Å². The van der Waals surface area contributed by atoms with E-state index in [0.717, 1.165) is 23.4 Å². The van der Waals surface area contributed by atoms with Gasteiger partial charge >= 0.3 is 5.97 Å². The number of nitro benzene ring substituents is 1. The van der Waals surface area contributed by atoms with E-state index in [2.05, 4.69) is 14.7 Å². The van der Waals surface area contributed by atoms with Gasteiger partial charge in [0.05, 0.1) is 28.5 Å². The fraction of sp³-hybridized carbons (Fsp3) is 0.314. The summed E-state index contributed by atoms with van der Waals surface area (Å²) in [5.74, 6) is -1.17. The van der Waals surface area contributed by atoms with Gasteiger partial charge in [-0.3, -0.25) is 24.4 Å². The minimum atomic E-state index is -1.34. The number of halogens is 1. The number of nitrogens with zero attached hydrogens (tertiary/aromatic N) is 9. The van der Waals surface area contributed by atoms with Crippen LogP contribution in [0.5, 0.6) is 0 Å². The Morgan fingerprint density at radius 1 is 0.922 bits per heavy atom. The standard InChI is InChI=1S/C35H36FN9O5S/c1-2-39-22-28(33(47)48)32(46)27-20-29(36)31(21-30(27)39)41-14-12-38(13-15-41)23-43-35(51)44(25-6-4-3-5-7-25)34(37-43)42-18-16-40(17-19-42)24-8-10-26(11-9-24)45(49)50/h3-11,20-22H,2,12-19,23H2,1H3,(H,47,48). The third-order valence-corrected chi connectivity index (χ3v) is 9.98. The topological polar surface area (TPSA) is 138 Å². The van der Waals surface area contributed by atoms with Crippen LogP contribution in [0.15, 0.2) is 77.7 Å². The Hall–Kier alpha value is -5.61. The first-order valence-corrected chi connectivity index (χ1v) is 17.1. The number of aryl methyl sites for hydroxylation is 1. The third-order valence-electron chi connectivity index (χ3n) is 9.59. The van der Waals surface area contributed by atoms with Crippen molar-refractivity contribution in [2.75, 3.05) is 67.1 Å². The summed E-state index contributed by atoms with van der Waals surface area (Å²) in [6.07, 6.45) is 1.32. The maximum atomic E-state index is 15.5. The van der Waals surface area contributed by atoms with E-state index in [9.17, 15) is 24.8 Å². The largest absolute Gasteiger partial charge is 0.477 e. The number of pyridine rings is 1. The van der Waals surface area contributed by atoms with Gasteiger partial charge in [-0.15, -0.1) is 5.10 Å². The Balaban J connectivity index is 1.08. The molecule has 3 aromatic carbocycles. The van der Waals surface area contributed by atoms with Crippen molar-refractivity contribution < 1.29 is 19.2 Å². The predicted molar refractivity (Wildman–Crippen MR) is 194 cm³/mol. The van der Waals surface area contributed by atoms with Crippen molar-refractivity contribution in [3.63, 3.8) is 0 Å². The molecule has 1 N–H and O–H groups in total. The van der Waals surface area contributed by atoms with E-state index in [0.29, 0.717) is 81.5 Å². The van der Waals surface area contributed by atoms with Crippen LogP contribution in [0, 0.1) is 20.7 Å². The number of para-hydroxylation sites is 1. The van der Waals surface area contributed by atoms with E-state index in [1.54, 1.807) is 22.8 Å². The fourth-order valence-corrected chi connectivity index (χ4v) is 7.11. The summed E-state index contributed by atoms with van der Waals surface area (Å²) in [5, 5.41) is 25.6. The zero-order valence-corrected chi connectivity index (χ0v) is 28.7. The van der Waals surface area contributed by atoms with Gasteiger partial charge in [-0.25, -0.2) is 13.9 Å². The average molecular weight is 714 g/mol. The SMILES string of the molecule is CCn1cc(C(=O)O)c(=O)c2cc(F)c(N3CCN(Cn4nc(N5CCN(c6ccc([N+](=O)[O-])cc6)CC5)n(-c5ccccc5)c4=S)CC3)cc21. The molecule has 51 heavy (non-hydrogen) atoms. The highest BCUT2D eigenvalue weighted by molar-refractivity contribution is 7.71. The minimum absolute atomic E-state index is 0.0450. The van der Waals surface area contributed by atoms with E-state index in [1.165, 1.54) is 18.3 Å². The van der Waals surface area contributed by atoms with Crippen LogP contribution in [0.1, 0.15) is 17.3 Å². The highest BCUT2D eigenvalue weighted by Gasteiger charge is 2.27. The summed E-state index contributed by atoms with van der Waals surface area (Å²) in [5.41, 5.74) is 1.67. The summed E-state index contributed by atoms with van der Waals surface area (Å²) in [4.78, 5) is 43.7. The quantitative estimate of drug-likeness (QED) is 0.130. The molecule has 14 nitrogen and oxygen atoms in total. The lowest BCUT2D eigenvalue weighted by molar-refractivity contribution is -0.384. The zero-order chi connectivity index (χ0) is 35.8. The van der Waals surface area contributed by atoms with Crippen LogP contribution in [0.3, 0.4) is 0 Å². The third kappa shape index (κ3) is 6.55. The number of carboxylic acids is 1. The first kappa shape index (κ1) is 33.9. The van der Waals surface area contributed by atoms with Gasteiger partial charge in [0.15, 0.2) is 0 Å². The first-order valence-electron chi connectivity index (χ1n) is 16.7. The number of aromatic carboxylic acids is 1. The highest BCUT2D eigenvalue weighted by Crippen LogP contribution is 2.28. The maximum absolute atomic E-state index is 15.5. The predicted octanol–water partition coefficient (Wildman–Crippen LogP) is 4.59. The van der Waals surface area contributed by atoms with Crippen LogP contribution in [-0.4, -0.2) is 92.2 Å². The van der Waals surface area contributed by atoms with Gasteiger partial charge in [0.1, 0.15) is 11.4 Å². The smallest absolute Gasteiger partial charge is 0.341 e. The average Bonchev–Trinajstić information content (AvgIpc) is 3.47. The Bertz CT molecular complexity index is 2220. The van der Waals surface area contributed by atoms with Gasteiger partial charge in [-0.1, -0.05) is 18.2 Å². The molecule has 0 radical (unpaired) electrons. The molecule has 0 atom stereocenters. The van der Waals surface area contributed by atoms with Crippen LogP contribution < -0.4 is 20.1 Å². The molecule has 2 aromatic heterocycles. The Labute approximate surface area is 296 Å². The molecule has 0 spiro atoms. The number of anilines is 3. The van der Waals surface area contributed by atoms with Gasteiger partial charge in [-0.2, -0.15) is 0 Å². The second-order valence-electron chi connectivity index (χ2n) is 12.5. The second kappa shape index (κ2) is 14.0. The van der Waals surface area contributed by atoms with Crippen molar-refractivity contribution in [2.45, 2.75) is 20.1 Å². The number of non-ortho nitro benzene ring substituents is 1. The molecule has 16 heteroatoms. The lowest BCUT2D eigenvalue weighted by atomic mass is 10.1. The van der Waals surface area contributed by atoms with Crippen molar-refractivity contribution in [1.82, 2.24) is 23.8 Å². The number of carboxylic acid groups (broad SMARTS) is 1. The number of rotatable bonds is 9. The van der Waals surface area contributed by atoms with Gasteiger partial charge in [0.25, 0.3) is 5.69 Å². The van der Waals surface area contributed by atoms with Crippen molar-refractivity contribution in [3.8, 4) is 5.69 Å². The van der Waals surface area contributed by atoms with Gasteiger partial charge < -0.3 is 24.4 Å². The second-order valence-corrected chi connectivity index (χ2v) is 12.9. The van der Waals surface area contributed by atoms with Gasteiger partial charge in [0.2, 0.25) is 16.1 Å². The van der Waals surface area contributed by atoms with E-state index < -0.39 is 22.1 Å². The zero-order valence-electron chi connectivity index (χ0n) is 27.9. The number of fused-ring (bicyclic) bond motifs is 1. The number of piperazine rings is 2. The molecule has 4 heterocycles. The first-order chi connectivity index (χ1) is 24.6. The van der Waals surface area contributed by atoms with Crippen LogP contribution >= 0.6 is 12.2 Å². The van der Waals surface area contributed by atoms with Crippen LogP contribution in [-0.2, 0) is 13.2 Å². The number of benzene rings is 3. The molecule has 5 aromatic rings. The van der Waals surface area contributed by atoms with E-state index in [4.69, 9.17) is 17.3 Å². The van der Waals surface area contributed by atoms with Crippen LogP contribution in [0.25, 0.3) is 16.6 Å². The summed E-state index contributed by atoms with van der Waals surface area (Å²) < 4.78 is 21.5. The molecule has 7 rings (SSSR count). The number of hydrogen-bond donors (Lipinski definition) is 1. The Morgan fingerprint density at radius 3 is 2.20 bits per heavy atom. The Kier molecular flexibility index (Phi) is 9.27.